The summed E-state index contributed by atoms with van der Waals surface area (Å²) in [6.45, 7) is 1.65. The van der Waals surface area contributed by atoms with E-state index in [1.165, 1.54) is 36.4 Å². The summed E-state index contributed by atoms with van der Waals surface area (Å²) in [5.41, 5.74) is 1.22. The molecule has 0 aliphatic carbocycles. The normalized spacial score (nSPS) is 10.5. The lowest BCUT2D eigenvalue weighted by molar-refractivity contribution is 0.0991. The van der Waals surface area contributed by atoms with Crippen molar-refractivity contribution in [2.75, 3.05) is 0 Å². The molecule has 0 heterocycles. The Balaban J connectivity index is 2.25. The first-order valence-corrected chi connectivity index (χ1v) is 6.08. The maximum atomic E-state index is 13.6. The molecule has 0 amide bonds. The summed E-state index contributed by atoms with van der Waals surface area (Å²) in [4.78, 5) is 12.1. The molecule has 0 aromatic heterocycles. The van der Waals surface area contributed by atoms with Crippen LogP contribution in [0.3, 0.4) is 0 Å². The minimum absolute atomic E-state index is 0.0739. The van der Waals surface area contributed by atoms with Crippen molar-refractivity contribution in [2.24, 2.45) is 0 Å². The van der Waals surface area contributed by atoms with Crippen molar-refractivity contribution in [3.05, 3.63) is 69.7 Å². The van der Waals surface area contributed by atoms with Gasteiger partial charge < -0.3 is 0 Å². The number of hydrogen-bond donors (Lipinski definition) is 0. The quantitative estimate of drug-likeness (QED) is 0.764. The Morgan fingerprint density at radius 3 is 2.53 bits per heavy atom. The van der Waals surface area contributed by atoms with E-state index in [0.29, 0.717) is 11.1 Å². The van der Waals surface area contributed by atoms with Crippen molar-refractivity contribution in [3.8, 4) is 0 Å². The van der Waals surface area contributed by atoms with Crippen LogP contribution < -0.4 is 0 Å². The molecule has 0 saturated carbocycles. The van der Waals surface area contributed by atoms with Gasteiger partial charge in [0, 0.05) is 17.0 Å². The first-order chi connectivity index (χ1) is 8.97. The summed E-state index contributed by atoms with van der Waals surface area (Å²) in [6.07, 6.45) is -0.0739. The number of rotatable bonds is 3. The molecule has 4 heteroatoms. The highest BCUT2D eigenvalue weighted by atomic mass is 35.5. The van der Waals surface area contributed by atoms with E-state index in [9.17, 15) is 13.6 Å². The Morgan fingerprint density at radius 2 is 1.89 bits per heavy atom. The number of Topliss-reactive ketones (excluding diaryl/α,β-unsaturated/α-hetero) is 1. The maximum Gasteiger partial charge on any atom is 0.167 e. The van der Waals surface area contributed by atoms with Gasteiger partial charge in [0.1, 0.15) is 11.6 Å². The lowest BCUT2D eigenvalue weighted by atomic mass is 9.99. The largest absolute Gasteiger partial charge is 0.294 e. The number of carbonyl (C=O) groups is 1. The predicted octanol–water partition coefficient (Wildman–Crippen LogP) is 4.35. The van der Waals surface area contributed by atoms with Crippen molar-refractivity contribution in [1.82, 2.24) is 0 Å². The van der Waals surface area contributed by atoms with E-state index in [4.69, 9.17) is 11.6 Å². The molecule has 0 fully saturated rings. The first kappa shape index (κ1) is 13.7. The third kappa shape index (κ3) is 3.18. The van der Waals surface area contributed by atoms with Crippen molar-refractivity contribution in [2.45, 2.75) is 13.3 Å². The van der Waals surface area contributed by atoms with Crippen molar-refractivity contribution in [3.63, 3.8) is 0 Å². The topological polar surface area (TPSA) is 17.1 Å². The molecule has 0 spiro atoms. The molecule has 0 N–H and O–H groups in total. The fourth-order valence-electron chi connectivity index (χ4n) is 1.87. The van der Waals surface area contributed by atoms with Gasteiger partial charge in [0.15, 0.2) is 5.78 Å². The Hall–Kier alpha value is -1.74. The zero-order chi connectivity index (χ0) is 14.0. The molecule has 1 nitrogen and oxygen atoms in total. The Bertz CT molecular complexity index is 638. The van der Waals surface area contributed by atoms with Gasteiger partial charge in [0.05, 0.1) is 0 Å². The second-order valence-electron chi connectivity index (χ2n) is 4.29. The van der Waals surface area contributed by atoms with Crippen LogP contribution in [0.5, 0.6) is 0 Å². The first-order valence-electron chi connectivity index (χ1n) is 5.70. The highest BCUT2D eigenvalue weighted by Crippen LogP contribution is 2.18. The zero-order valence-corrected chi connectivity index (χ0v) is 11.0. The molecule has 0 bridgehead atoms. The van der Waals surface area contributed by atoms with E-state index in [-0.39, 0.29) is 22.8 Å². The van der Waals surface area contributed by atoms with Gasteiger partial charge in [-0.3, -0.25) is 4.79 Å². The minimum Gasteiger partial charge on any atom is -0.294 e. The van der Waals surface area contributed by atoms with Crippen LogP contribution in [0.2, 0.25) is 5.02 Å². The average molecular weight is 281 g/mol. The van der Waals surface area contributed by atoms with Crippen LogP contribution in [0.25, 0.3) is 0 Å². The maximum absolute atomic E-state index is 13.6. The summed E-state index contributed by atoms with van der Waals surface area (Å²) in [7, 11) is 0. The van der Waals surface area contributed by atoms with Gasteiger partial charge in [-0.1, -0.05) is 17.7 Å². The fourth-order valence-corrected chi connectivity index (χ4v) is 2.03. The fraction of sp³-hybridized carbons (Fsp3) is 0.133. The molecule has 0 unspecified atom stereocenters. The smallest absolute Gasteiger partial charge is 0.167 e. The molecule has 0 aliphatic rings. The Labute approximate surface area is 114 Å². The molecule has 2 aromatic rings. The van der Waals surface area contributed by atoms with E-state index in [2.05, 4.69) is 0 Å². The van der Waals surface area contributed by atoms with E-state index in [0.717, 1.165) is 0 Å². The summed E-state index contributed by atoms with van der Waals surface area (Å²) in [5.74, 6) is -1.16. The van der Waals surface area contributed by atoms with Gasteiger partial charge >= 0.3 is 0 Å². The summed E-state index contributed by atoms with van der Waals surface area (Å²) in [6, 6.07) is 8.10. The standard InChI is InChI=1S/C15H11ClF2O/c1-9-6-12(17)4-5-13(9)15(19)7-10-2-3-11(16)8-14(10)18/h2-6,8H,7H2,1H3. The summed E-state index contributed by atoms with van der Waals surface area (Å²) >= 11 is 5.65. The average Bonchev–Trinajstić information content (AvgIpc) is 2.32. The van der Waals surface area contributed by atoms with Gasteiger partial charge in [-0.15, -0.1) is 0 Å². The van der Waals surface area contributed by atoms with Gasteiger partial charge in [-0.05, 0) is 48.4 Å². The van der Waals surface area contributed by atoms with Gasteiger partial charge in [-0.25, -0.2) is 8.78 Å². The van der Waals surface area contributed by atoms with Crippen molar-refractivity contribution in [1.29, 1.82) is 0 Å². The highest BCUT2D eigenvalue weighted by molar-refractivity contribution is 6.30. The lowest BCUT2D eigenvalue weighted by Gasteiger charge is -2.06. The monoisotopic (exact) mass is 280 g/mol. The summed E-state index contributed by atoms with van der Waals surface area (Å²) in [5, 5.41) is 0.284. The van der Waals surface area contributed by atoms with E-state index < -0.39 is 11.6 Å². The highest BCUT2D eigenvalue weighted by Gasteiger charge is 2.13. The molecule has 0 aliphatic heterocycles. The number of benzene rings is 2. The molecule has 0 radical (unpaired) electrons. The second kappa shape index (κ2) is 5.49. The molecule has 0 atom stereocenters. The number of carbonyl (C=O) groups excluding carboxylic acids is 1. The van der Waals surface area contributed by atoms with Crippen LogP contribution in [0.4, 0.5) is 8.78 Å². The molecule has 2 aromatic carbocycles. The van der Waals surface area contributed by atoms with Crippen LogP contribution in [0.1, 0.15) is 21.5 Å². The van der Waals surface area contributed by atoms with Crippen LogP contribution in [-0.2, 0) is 6.42 Å². The van der Waals surface area contributed by atoms with Crippen molar-refractivity contribution < 1.29 is 13.6 Å². The third-order valence-corrected chi connectivity index (χ3v) is 3.09. The number of halogens is 3. The number of hydrogen-bond acceptors (Lipinski definition) is 1. The van der Waals surface area contributed by atoms with Gasteiger partial charge in [-0.2, -0.15) is 0 Å². The van der Waals surface area contributed by atoms with Gasteiger partial charge in [0.2, 0.25) is 0 Å². The Morgan fingerprint density at radius 1 is 1.16 bits per heavy atom. The summed E-state index contributed by atoms with van der Waals surface area (Å²) < 4.78 is 26.6. The molecular weight excluding hydrogens is 270 g/mol. The molecule has 98 valence electrons. The van der Waals surface area contributed by atoms with E-state index >= 15 is 0 Å². The van der Waals surface area contributed by atoms with E-state index in [1.807, 2.05) is 0 Å². The number of ketones is 1. The number of aryl methyl sites for hydroxylation is 1. The van der Waals surface area contributed by atoms with Gasteiger partial charge in [0.25, 0.3) is 0 Å². The predicted molar refractivity (Wildman–Crippen MR) is 70.6 cm³/mol. The molecular formula is C15H11ClF2O. The minimum atomic E-state index is -0.513. The van der Waals surface area contributed by atoms with Crippen LogP contribution in [-0.4, -0.2) is 5.78 Å². The Kier molecular flexibility index (Phi) is 3.96. The molecule has 0 saturated heterocycles. The molecule has 19 heavy (non-hydrogen) atoms. The third-order valence-electron chi connectivity index (χ3n) is 2.85. The van der Waals surface area contributed by atoms with Crippen LogP contribution >= 0.6 is 11.6 Å². The van der Waals surface area contributed by atoms with Crippen LogP contribution in [0.15, 0.2) is 36.4 Å². The lowest BCUT2D eigenvalue weighted by Crippen LogP contribution is -2.07. The van der Waals surface area contributed by atoms with E-state index in [1.54, 1.807) is 6.92 Å². The zero-order valence-electron chi connectivity index (χ0n) is 10.2. The van der Waals surface area contributed by atoms with Crippen molar-refractivity contribution >= 4 is 17.4 Å². The molecule has 2 rings (SSSR count). The van der Waals surface area contributed by atoms with Crippen LogP contribution in [0, 0.1) is 18.6 Å². The SMILES string of the molecule is Cc1cc(F)ccc1C(=O)Cc1ccc(Cl)cc1F. The second-order valence-corrected chi connectivity index (χ2v) is 4.73.